The predicted octanol–water partition coefficient (Wildman–Crippen LogP) is 2.01. The number of anilines is 1. The fourth-order valence-electron chi connectivity index (χ4n) is 2.25. The molecule has 108 valence electrons. The molecule has 1 atom stereocenters. The Morgan fingerprint density at radius 3 is 2.50 bits per heavy atom. The minimum absolute atomic E-state index is 0.0313. The van der Waals surface area contributed by atoms with Crippen molar-refractivity contribution in [3.05, 3.63) is 29.6 Å². The second kappa shape index (κ2) is 4.89. The SMILES string of the molecule is Cc1cc(N2CC(=O)NC(C(C)(C)C)C2=O)ccc1F. The molecule has 0 spiro atoms. The van der Waals surface area contributed by atoms with Gasteiger partial charge in [-0.1, -0.05) is 20.8 Å². The summed E-state index contributed by atoms with van der Waals surface area (Å²) in [6.45, 7) is 7.30. The van der Waals surface area contributed by atoms with Gasteiger partial charge >= 0.3 is 0 Å². The zero-order valence-corrected chi connectivity index (χ0v) is 12.2. The largest absolute Gasteiger partial charge is 0.342 e. The average molecular weight is 278 g/mol. The minimum Gasteiger partial charge on any atom is -0.342 e. The first-order valence-electron chi connectivity index (χ1n) is 6.57. The summed E-state index contributed by atoms with van der Waals surface area (Å²) in [6.07, 6.45) is 0. The standard InChI is InChI=1S/C15H19FN2O2/c1-9-7-10(5-6-11(9)16)18-8-12(19)17-13(14(18)20)15(2,3)4/h5-7,13H,8H2,1-4H3,(H,17,19). The first-order chi connectivity index (χ1) is 9.20. The van der Waals surface area contributed by atoms with Crippen molar-refractivity contribution in [2.45, 2.75) is 33.7 Å². The molecule has 20 heavy (non-hydrogen) atoms. The molecule has 4 nitrogen and oxygen atoms in total. The predicted molar refractivity (Wildman–Crippen MR) is 74.9 cm³/mol. The Morgan fingerprint density at radius 2 is 1.95 bits per heavy atom. The van der Waals surface area contributed by atoms with Crippen LogP contribution in [-0.4, -0.2) is 24.4 Å². The van der Waals surface area contributed by atoms with Crippen LogP contribution in [0.1, 0.15) is 26.3 Å². The van der Waals surface area contributed by atoms with Gasteiger partial charge in [0.15, 0.2) is 0 Å². The van der Waals surface area contributed by atoms with Crippen LogP contribution in [-0.2, 0) is 9.59 Å². The van der Waals surface area contributed by atoms with Crippen molar-refractivity contribution >= 4 is 17.5 Å². The number of carbonyl (C=O) groups excluding carboxylic acids is 2. The van der Waals surface area contributed by atoms with Crippen molar-refractivity contribution in [1.82, 2.24) is 5.32 Å². The van der Waals surface area contributed by atoms with E-state index in [1.807, 2.05) is 20.8 Å². The van der Waals surface area contributed by atoms with E-state index >= 15 is 0 Å². The van der Waals surface area contributed by atoms with E-state index in [1.165, 1.54) is 17.0 Å². The Kier molecular flexibility index (Phi) is 3.54. The van der Waals surface area contributed by atoms with Crippen LogP contribution in [0.4, 0.5) is 10.1 Å². The molecular formula is C15H19FN2O2. The molecule has 1 aliphatic rings. The molecule has 0 aliphatic carbocycles. The molecule has 1 heterocycles. The molecular weight excluding hydrogens is 259 g/mol. The van der Waals surface area contributed by atoms with E-state index in [0.717, 1.165) is 0 Å². The molecule has 0 radical (unpaired) electrons. The van der Waals surface area contributed by atoms with Crippen LogP contribution in [0.5, 0.6) is 0 Å². The number of amides is 2. The smallest absolute Gasteiger partial charge is 0.250 e. The van der Waals surface area contributed by atoms with E-state index in [4.69, 9.17) is 0 Å². The van der Waals surface area contributed by atoms with Gasteiger partial charge in [-0.2, -0.15) is 0 Å². The number of nitrogens with zero attached hydrogens (tertiary/aromatic N) is 1. The highest BCUT2D eigenvalue weighted by Crippen LogP contribution is 2.27. The summed E-state index contributed by atoms with van der Waals surface area (Å²) in [6, 6.07) is 3.86. The highest BCUT2D eigenvalue weighted by molar-refractivity contribution is 6.06. The summed E-state index contributed by atoms with van der Waals surface area (Å²) in [7, 11) is 0. The summed E-state index contributed by atoms with van der Waals surface area (Å²) in [5.74, 6) is -0.690. The third-order valence-corrected chi connectivity index (χ3v) is 3.44. The van der Waals surface area contributed by atoms with Gasteiger partial charge in [0.25, 0.3) is 5.91 Å². The normalized spacial score (nSPS) is 20.1. The molecule has 2 rings (SSSR count). The van der Waals surface area contributed by atoms with Crippen molar-refractivity contribution in [1.29, 1.82) is 0 Å². The van der Waals surface area contributed by atoms with E-state index in [0.29, 0.717) is 11.3 Å². The van der Waals surface area contributed by atoms with Gasteiger partial charge in [0.1, 0.15) is 18.4 Å². The summed E-state index contributed by atoms with van der Waals surface area (Å²) in [5.41, 5.74) is 0.632. The number of aryl methyl sites for hydroxylation is 1. The number of hydrogen-bond acceptors (Lipinski definition) is 2. The fourth-order valence-corrected chi connectivity index (χ4v) is 2.25. The van der Waals surface area contributed by atoms with Crippen LogP contribution in [0.25, 0.3) is 0 Å². The molecule has 0 saturated carbocycles. The Labute approximate surface area is 118 Å². The van der Waals surface area contributed by atoms with Gasteiger partial charge in [-0.25, -0.2) is 4.39 Å². The maximum absolute atomic E-state index is 13.3. The second-order valence-corrected chi connectivity index (χ2v) is 6.22. The lowest BCUT2D eigenvalue weighted by molar-refractivity contribution is -0.133. The highest BCUT2D eigenvalue weighted by atomic mass is 19.1. The molecule has 1 fully saturated rings. The topological polar surface area (TPSA) is 49.4 Å². The zero-order chi connectivity index (χ0) is 15.1. The molecule has 0 aromatic heterocycles. The van der Waals surface area contributed by atoms with Crippen molar-refractivity contribution in [3.63, 3.8) is 0 Å². The van der Waals surface area contributed by atoms with Crippen molar-refractivity contribution in [3.8, 4) is 0 Å². The summed E-state index contributed by atoms with van der Waals surface area (Å²) in [5, 5.41) is 2.73. The maximum Gasteiger partial charge on any atom is 0.250 e. The number of benzene rings is 1. The Hall–Kier alpha value is -1.91. The van der Waals surface area contributed by atoms with Crippen molar-refractivity contribution in [2.75, 3.05) is 11.4 Å². The molecule has 1 aromatic rings. The van der Waals surface area contributed by atoms with Gasteiger partial charge in [0.05, 0.1) is 0 Å². The molecule has 0 bridgehead atoms. The maximum atomic E-state index is 13.3. The van der Waals surface area contributed by atoms with Gasteiger partial charge in [-0.15, -0.1) is 0 Å². The van der Waals surface area contributed by atoms with Gasteiger partial charge in [-0.05, 0) is 36.1 Å². The van der Waals surface area contributed by atoms with E-state index < -0.39 is 6.04 Å². The minimum atomic E-state index is -0.575. The van der Waals surface area contributed by atoms with Gasteiger partial charge in [0, 0.05) is 5.69 Å². The van der Waals surface area contributed by atoms with Gasteiger partial charge in [0.2, 0.25) is 5.91 Å². The first-order valence-corrected chi connectivity index (χ1v) is 6.57. The summed E-state index contributed by atoms with van der Waals surface area (Å²) < 4.78 is 13.3. The molecule has 1 N–H and O–H groups in total. The molecule has 1 saturated heterocycles. The second-order valence-electron chi connectivity index (χ2n) is 6.22. The Morgan fingerprint density at radius 1 is 1.30 bits per heavy atom. The first kappa shape index (κ1) is 14.5. The number of carbonyl (C=O) groups is 2. The van der Waals surface area contributed by atoms with E-state index in [2.05, 4.69) is 5.32 Å². The van der Waals surface area contributed by atoms with Crippen LogP contribution >= 0.6 is 0 Å². The monoisotopic (exact) mass is 278 g/mol. The number of nitrogens with one attached hydrogen (secondary N) is 1. The summed E-state index contributed by atoms with van der Waals surface area (Å²) >= 11 is 0. The number of rotatable bonds is 1. The lowest BCUT2D eigenvalue weighted by Crippen LogP contribution is -2.62. The molecule has 2 amide bonds. The Bertz CT molecular complexity index is 563. The van der Waals surface area contributed by atoms with Gasteiger partial charge in [-0.3, -0.25) is 9.59 Å². The lowest BCUT2D eigenvalue weighted by Gasteiger charge is -2.38. The molecule has 1 aromatic carbocycles. The lowest BCUT2D eigenvalue weighted by atomic mass is 9.84. The van der Waals surface area contributed by atoms with E-state index in [-0.39, 0.29) is 29.6 Å². The van der Waals surface area contributed by atoms with Crippen LogP contribution in [0.2, 0.25) is 0 Å². The summed E-state index contributed by atoms with van der Waals surface area (Å²) in [4.78, 5) is 25.8. The Balaban J connectivity index is 2.37. The van der Waals surface area contributed by atoms with Crippen LogP contribution in [0, 0.1) is 18.2 Å². The van der Waals surface area contributed by atoms with Crippen LogP contribution in [0.15, 0.2) is 18.2 Å². The van der Waals surface area contributed by atoms with E-state index in [9.17, 15) is 14.0 Å². The quantitative estimate of drug-likeness (QED) is 0.854. The number of halogens is 1. The average Bonchev–Trinajstić information content (AvgIpc) is 2.34. The van der Waals surface area contributed by atoms with E-state index in [1.54, 1.807) is 13.0 Å². The number of hydrogen-bond donors (Lipinski definition) is 1. The number of piperazine rings is 1. The third kappa shape index (κ3) is 2.66. The molecule has 5 heteroatoms. The van der Waals surface area contributed by atoms with Crippen LogP contribution in [0.3, 0.4) is 0 Å². The van der Waals surface area contributed by atoms with Crippen molar-refractivity contribution in [2.24, 2.45) is 5.41 Å². The molecule has 1 aliphatic heterocycles. The molecule has 1 unspecified atom stereocenters. The zero-order valence-electron chi connectivity index (χ0n) is 12.2. The highest BCUT2D eigenvalue weighted by Gasteiger charge is 2.40. The van der Waals surface area contributed by atoms with Gasteiger partial charge < -0.3 is 10.2 Å². The fraction of sp³-hybridized carbons (Fsp3) is 0.467. The third-order valence-electron chi connectivity index (χ3n) is 3.44. The van der Waals surface area contributed by atoms with Crippen LogP contribution < -0.4 is 10.2 Å². The van der Waals surface area contributed by atoms with Crippen molar-refractivity contribution < 1.29 is 14.0 Å².